The molecule has 1 radical (unpaired) electrons. The Kier molecular flexibility index (Phi) is 9.59. The fourth-order valence-electron chi connectivity index (χ4n) is 0.713. The van der Waals surface area contributed by atoms with Crippen LogP contribution in [-0.4, -0.2) is 0 Å². The largest absolute Gasteiger partial charge is 0.184 e. The molecule has 0 unspecified atom stereocenters. The number of rotatable bonds is 0. The summed E-state index contributed by atoms with van der Waals surface area (Å²) in [5.74, 6) is 0. The zero-order chi connectivity index (χ0) is 9.36. The second kappa shape index (κ2) is 9.57. The molecule has 0 aliphatic carbocycles. The van der Waals surface area contributed by atoms with Gasteiger partial charge in [0, 0.05) is 32.7 Å². The molecule has 0 spiro atoms. The Labute approximate surface area is 119 Å². The van der Waals surface area contributed by atoms with E-state index in [1.54, 1.807) is 0 Å². The van der Waals surface area contributed by atoms with Crippen LogP contribution in [0, 0.1) is 12.1 Å². The molecule has 0 nitrogen and oxygen atoms in total. The van der Waals surface area contributed by atoms with E-state index in [2.05, 4.69) is 28.1 Å². The molecule has 0 aliphatic heterocycles. The number of hydrogen-bond acceptors (Lipinski definition) is 0. The van der Waals surface area contributed by atoms with Gasteiger partial charge in [-0.3, -0.25) is 0 Å². The summed E-state index contributed by atoms with van der Waals surface area (Å²) in [7, 11) is 0. The average molecular weight is 322 g/mol. The SMILES string of the molecule is Brc1[c-]cccc1.[Y].[c-]1ccccc1. The third kappa shape index (κ3) is 7.43. The molecule has 0 atom stereocenters. The molecular weight excluding hydrogens is 313 g/mol. The number of halogens is 1. The summed E-state index contributed by atoms with van der Waals surface area (Å²) < 4.78 is 1.01. The Morgan fingerprint density at radius 1 is 0.857 bits per heavy atom. The first-order valence-corrected chi connectivity index (χ1v) is 4.72. The molecule has 0 saturated carbocycles. The minimum absolute atomic E-state index is 0. The van der Waals surface area contributed by atoms with E-state index in [0.717, 1.165) is 4.47 Å². The van der Waals surface area contributed by atoms with Crippen LogP contribution in [0.5, 0.6) is 0 Å². The number of benzene rings is 2. The summed E-state index contributed by atoms with van der Waals surface area (Å²) in [5.41, 5.74) is 0. The van der Waals surface area contributed by atoms with E-state index in [0.29, 0.717) is 0 Å². The van der Waals surface area contributed by atoms with E-state index in [9.17, 15) is 0 Å². The van der Waals surface area contributed by atoms with Crippen molar-refractivity contribution in [3.8, 4) is 0 Å². The van der Waals surface area contributed by atoms with E-state index < -0.39 is 0 Å². The van der Waals surface area contributed by atoms with Gasteiger partial charge in [-0.05, 0) is 0 Å². The van der Waals surface area contributed by atoms with Crippen molar-refractivity contribution in [2.45, 2.75) is 0 Å². The predicted octanol–water partition coefficient (Wildman–Crippen LogP) is 3.73. The van der Waals surface area contributed by atoms with Gasteiger partial charge >= 0.3 is 0 Å². The van der Waals surface area contributed by atoms with Crippen LogP contribution in [0.2, 0.25) is 0 Å². The molecule has 69 valence electrons. The van der Waals surface area contributed by atoms with Crippen LogP contribution >= 0.6 is 15.9 Å². The van der Waals surface area contributed by atoms with Crippen LogP contribution in [0.25, 0.3) is 0 Å². The molecule has 0 N–H and O–H groups in total. The van der Waals surface area contributed by atoms with Crippen LogP contribution in [0.4, 0.5) is 0 Å². The van der Waals surface area contributed by atoms with E-state index in [1.807, 2.05) is 54.6 Å². The van der Waals surface area contributed by atoms with Crippen LogP contribution in [0.3, 0.4) is 0 Å². The second-order valence-corrected chi connectivity index (χ2v) is 3.14. The van der Waals surface area contributed by atoms with Crippen molar-refractivity contribution >= 4 is 15.9 Å². The molecule has 2 heteroatoms. The Morgan fingerprint density at radius 3 is 1.71 bits per heavy atom. The fraction of sp³-hybridized carbons (Fsp3) is 0. The molecular formula is C12H9BrY-2. The van der Waals surface area contributed by atoms with Gasteiger partial charge in [0.1, 0.15) is 0 Å². The van der Waals surface area contributed by atoms with Gasteiger partial charge in [-0.1, -0.05) is 20.4 Å². The van der Waals surface area contributed by atoms with Crippen LogP contribution in [0.15, 0.2) is 59.1 Å². The molecule has 0 heterocycles. The average Bonchev–Trinajstić information content (AvgIpc) is 2.22. The van der Waals surface area contributed by atoms with Crippen molar-refractivity contribution in [1.82, 2.24) is 0 Å². The van der Waals surface area contributed by atoms with Crippen molar-refractivity contribution in [3.05, 3.63) is 71.2 Å². The van der Waals surface area contributed by atoms with Gasteiger partial charge in [0.15, 0.2) is 0 Å². The Balaban J connectivity index is 0.000000227. The van der Waals surface area contributed by atoms with Gasteiger partial charge in [0.05, 0.1) is 0 Å². The van der Waals surface area contributed by atoms with Crippen molar-refractivity contribution < 1.29 is 32.7 Å². The Bertz CT molecular complexity index is 281. The van der Waals surface area contributed by atoms with Crippen LogP contribution < -0.4 is 0 Å². The van der Waals surface area contributed by atoms with Gasteiger partial charge in [0.2, 0.25) is 0 Å². The molecule has 0 aliphatic rings. The van der Waals surface area contributed by atoms with Crippen molar-refractivity contribution in [1.29, 1.82) is 0 Å². The first-order chi connectivity index (χ1) is 6.39. The Morgan fingerprint density at radius 2 is 1.50 bits per heavy atom. The summed E-state index contributed by atoms with van der Waals surface area (Å²) in [4.78, 5) is 0. The molecule has 0 bridgehead atoms. The summed E-state index contributed by atoms with van der Waals surface area (Å²) in [5, 5.41) is 0. The Hall–Kier alpha value is 0.0239. The van der Waals surface area contributed by atoms with Crippen LogP contribution in [0.1, 0.15) is 0 Å². The zero-order valence-corrected chi connectivity index (χ0v) is 12.1. The number of hydrogen-bond donors (Lipinski definition) is 0. The van der Waals surface area contributed by atoms with Crippen molar-refractivity contribution in [3.63, 3.8) is 0 Å². The first kappa shape index (κ1) is 14.0. The summed E-state index contributed by atoms with van der Waals surface area (Å²) in [6.07, 6.45) is 0. The maximum atomic E-state index is 3.26. The zero-order valence-electron chi connectivity index (χ0n) is 7.65. The monoisotopic (exact) mass is 321 g/mol. The maximum absolute atomic E-state index is 3.26. The summed E-state index contributed by atoms with van der Waals surface area (Å²) in [6, 6.07) is 23.2. The fourth-order valence-corrected chi connectivity index (χ4v) is 0.998. The van der Waals surface area contributed by atoms with E-state index in [-0.39, 0.29) is 32.7 Å². The van der Waals surface area contributed by atoms with Crippen LogP contribution in [-0.2, 0) is 32.7 Å². The van der Waals surface area contributed by atoms with Gasteiger partial charge in [-0.15, -0.1) is 0 Å². The van der Waals surface area contributed by atoms with Crippen molar-refractivity contribution in [2.75, 3.05) is 0 Å². The second-order valence-electron chi connectivity index (χ2n) is 2.29. The first-order valence-electron chi connectivity index (χ1n) is 3.93. The smallest absolute Gasteiger partial charge is 0 e. The van der Waals surface area contributed by atoms with E-state index >= 15 is 0 Å². The molecule has 0 aromatic heterocycles. The van der Waals surface area contributed by atoms with E-state index in [4.69, 9.17) is 0 Å². The summed E-state index contributed by atoms with van der Waals surface area (Å²) in [6.45, 7) is 0. The van der Waals surface area contributed by atoms with Gasteiger partial charge < -0.3 is 0 Å². The standard InChI is InChI=1S/C6H4Br.C6H5.Y/c7-6-4-2-1-3-5-6;1-2-4-6-5-3-1;/h1-4H;1-5H;/q2*-1;. The minimum atomic E-state index is 0. The molecule has 0 amide bonds. The van der Waals surface area contributed by atoms with Crippen molar-refractivity contribution in [2.24, 2.45) is 0 Å². The predicted molar refractivity (Wildman–Crippen MR) is 58.3 cm³/mol. The molecule has 0 fully saturated rings. The molecule has 0 saturated heterocycles. The normalized spacial score (nSPS) is 7.79. The molecule has 2 rings (SSSR count). The van der Waals surface area contributed by atoms with Gasteiger partial charge in [0.25, 0.3) is 0 Å². The molecule has 14 heavy (non-hydrogen) atoms. The summed E-state index contributed by atoms with van der Waals surface area (Å²) >= 11 is 3.26. The topological polar surface area (TPSA) is 0 Å². The molecule has 2 aromatic rings. The van der Waals surface area contributed by atoms with Gasteiger partial charge in [-0.2, -0.15) is 66.7 Å². The quantitative estimate of drug-likeness (QED) is 0.649. The maximum Gasteiger partial charge on any atom is 0 e. The third-order valence-corrected chi connectivity index (χ3v) is 1.77. The third-order valence-electron chi connectivity index (χ3n) is 1.28. The van der Waals surface area contributed by atoms with Gasteiger partial charge in [-0.25, -0.2) is 0 Å². The van der Waals surface area contributed by atoms with E-state index in [1.165, 1.54) is 0 Å². The molecule has 2 aromatic carbocycles. The minimum Gasteiger partial charge on any atom is -0.184 e.